The molecule has 1 fully saturated rings. The van der Waals surface area contributed by atoms with Crippen LogP contribution in [0.15, 0.2) is 0 Å². The van der Waals surface area contributed by atoms with Crippen LogP contribution in [0.25, 0.3) is 0 Å². The van der Waals surface area contributed by atoms with Gasteiger partial charge in [-0.05, 0) is 12.8 Å². The largest absolute Gasteiger partial charge is 0.467 e. The number of nitrogens with one attached hydrogen (secondary N) is 1. The number of ether oxygens (including phenoxy) is 1. The van der Waals surface area contributed by atoms with E-state index in [2.05, 4.69) is 5.32 Å². The topological polar surface area (TPSA) is 72.5 Å². The fourth-order valence-electron chi connectivity index (χ4n) is 2.99. The van der Waals surface area contributed by atoms with E-state index in [0.29, 0.717) is 12.2 Å². The minimum Gasteiger partial charge on any atom is -0.467 e. The SMILES string of the molecule is COC(=O)C1CCCCCCCCCCC(CSC(C)=O)C(=O)N1. The molecule has 0 radical (unpaired) electrons. The monoisotopic (exact) mass is 357 g/mol. The van der Waals surface area contributed by atoms with Crippen LogP contribution in [0.4, 0.5) is 0 Å². The summed E-state index contributed by atoms with van der Waals surface area (Å²) in [7, 11) is 1.35. The van der Waals surface area contributed by atoms with Gasteiger partial charge in [0.15, 0.2) is 5.12 Å². The summed E-state index contributed by atoms with van der Waals surface area (Å²) >= 11 is 1.19. The van der Waals surface area contributed by atoms with E-state index >= 15 is 0 Å². The number of rotatable bonds is 3. The van der Waals surface area contributed by atoms with Gasteiger partial charge in [0.2, 0.25) is 5.91 Å². The highest BCUT2D eigenvalue weighted by Crippen LogP contribution is 2.20. The summed E-state index contributed by atoms with van der Waals surface area (Å²) < 4.78 is 4.83. The maximum Gasteiger partial charge on any atom is 0.328 e. The third-order valence-electron chi connectivity index (χ3n) is 4.46. The third kappa shape index (κ3) is 8.71. The summed E-state index contributed by atoms with van der Waals surface area (Å²) in [6.45, 7) is 1.52. The molecule has 0 bridgehead atoms. The normalized spacial score (nSPS) is 24.5. The lowest BCUT2D eigenvalue weighted by Gasteiger charge is -2.21. The second kappa shape index (κ2) is 12.3. The molecule has 0 aromatic carbocycles. The average molecular weight is 358 g/mol. The van der Waals surface area contributed by atoms with E-state index in [4.69, 9.17) is 4.74 Å². The van der Waals surface area contributed by atoms with E-state index in [0.717, 1.165) is 32.1 Å². The van der Waals surface area contributed by atoms with Crippen molar-refractivity contribution < 1.29 is 19.1 Å². The molecule has 0 aromatic rings. The Morgan fingerprint density at radius 1 is 1.04 bits per heavy atom. The standard InChI is InChI=1S/C18H31NO4S/c1-14(20)24-13-15-11-9-7-5-3-4-6-8-10-12-16(18(22)23-2)19-17(15)21/h15-16H,3-13H2,1-2H3,(H,19,21). The Balaban J connectivity index is 2.72. The van der Waals surface area contributed by atoms with Gasteiger partial charge < -0.3 is 10.1 Å². The number of carbonyl (C=O) groups excluding carboxylic acids is 3. The van der Waals surface area contributed by atoms with Gasteiger partial charge in [-0.15, -0.1) is 0 Å². The first-order chi connectivity index (χ1) is 11.5. The quantitative estimate of drug-likeness (QED) is 0.783. The predicted molar refractivity (Wildman–Crippen MR) is 96.7 cm³/mol. The molecule has 6 heteroatoms. The fourth-order valence-corrected chi connectivity index (χ4v) is 3.74. The van der Waals surface area contributed by atoms with E-state index in [9.17, 15) is 14.4 Å². The zero-order chi connectivity index (χ0) is 17.8. The molecular formula is C18H31NO4S. The van der Waals surface area contributed by atoms with E-state index in [1.165, 1.54) is 51.5 Å². The number of amides is 1. The molecule has 1 aliphatic heterocycles. The molecule has 1 saturated heterocycles. The number of hydrogen-bond donors (Lipinski definition) is 1. The maximum absolute atomic E-state index is 12.6. The number of esters is 1. The Kier molecular flexibility index (Phi) is 10.8. The van der Waals surface area contributed by atoms with Crippen LogP contribution in [-0.2, 0) is 19.1 Å². The first-order valence-corrected chi connectivity index (χ1v) is 10.0. The number of thioether (sulfide) groups is 1. The van der Waals surface area contributed by atoms with E-state index in [-0.39, 0.29) is 22.9 Å². The van der Waals surface area contributed by atoms with Crippen LogP contribution < -0.4 is 5.32 Å². The zero-order valence-electron chi connectivity index (χ0n) is 15.0. The third-order valence-corrected chi connectivity index (χ3v) is 5.43. The van der Waals surface area contributed by atoms with Crippen LogP contribution in [0.1, 0.15) is 71.1 Å². The van der Waals surface area contributed by atoms with E-state index < -0.39 is 6.04 Å². The summed E-state index contributed by atoms with van der Waals surface area (Å²) in [4.78, 5) is 35.7. The molecule has 5 nitrogen and oxygen atoms in total. The fraction of sp³-hybridized carbons (Fsp3) is 0.833. The number of hydrogen-bond acceptors (Lipinski definition) is 5. The Hall–Kier alpha value is -1.04. The Morgan fingerprint density at radius 2 is 1.58 bits per heavy atom. The second-order valence-corrected chi connectivity index (χ2v) is 7.69. The van der Waals surface area contributed by atoms with Crippen LogP contribution in [0.2, 0.25) is 0 Å². The van der Waals surface area contributed by atoms with Crippen molar-refractivity contribution in [3.8, 4) is 0 Å². The Bertz CT molecular complexity index is 414. The van der Waals surface area contributed by atoms with Crippen molar-refractivity contribution in [1.82, 2.24) is 5.32 Å². The minimum atomic E-state index is -0.574. The lowest BCUT2D eigenvalue weighted by molar-refractivity contribution is -0.145. The van der Waals surface area contributed by atoms with Crippen LogP contribution in [0.5, 0.6) is 0 Å². The summed E-state index contributed by atoms with van der Waals surface area (Å²) in [6.07, 6.45) is 10.3. The first-order valence-electron chi connectivity index (χ1n) is 9.06. The summed E-state index contributed by atoms with van der Waals surface area (Å²) in [5, 5.41) is 2.88. The smallest absolute Gasteiger partial charge is 0.328 e. The molecule has 1 N–H and O–H groups in total. The zero-order valence-corrected chi connectivity index (χ0v) is 15.8. The molecule has 0 saturated carbocycles. The molecule has 1 amide bonds. The van der Waals surface area contributed by atoms with Gasteiger partial charge in [-0.1, -0.05) is 63.1 Å². The molecule has 0 aromatic heterocycles. The van der Waals surface area contributed by atoms with Crippen LogP contribution in [0, 0.1) is 5.92 Å². The van der Waals surface area contributed by atoms with E-state index in [1.807, 2.05) is 0 Å². The van der Waals surface area contributed by atoms with Crippen molar-refractivity contribution in [3.05, 3.63) is 0 Å². The van der Waals surface area contributed by atoms with Gasteiger partial charge in [-0.3, -0.25) is 9.59 Å². The van der Waals surface area contributed by atoms with Crippen LogP contribution >= 0.6 is 11.8 Å². The van der Waals surface area contributed by atoms with Crippen molar-refractivity contribution >= 4 is 28.8 Å². The van der Waals surface area contributed by atoms with Gasteiger partial charge in [0.25, 0.3) is 0 Å². The molecule has 2 atom stereocenters. The molecule has 0 spiro atoms. The van der Waals surface area contributed by atoms with Gasteiger partial charge in [-0.25, -0.2) is 4.79 Å². The number of carbonyl (C=O) groups is 3. The molecule has 138 valence electrons. The number of methoxy groups -OCH3 is 1. The second-order valence-electron chi connectivity index (χ2n) is 6.49. The van der Waals surface area contributed by atoms with Crippen LogP contribution in [-0.4, -0.2) is 35.9 Å². The van der Waals surface area contributed by atoms with Crippen molar-refractivity contribution in [2.45, 2.75) is 77.2 Å². The van der Waals surface area contributed by atoms with Gasteiger partial charge in [-0.2, -0.15) is 0 Å². The van der Waals surface area contributed by atoms with Gasteiger partial charge in [0, 0.05) is 18.6 Å². The Labute approximate surface area is 149 Å². The minimum absolute atomic E-state index is 0.0201. The highest BCUT2D eigenvalue weighted by atomic mass is 32.2. The highest BCUT2D eigenvalue weighted by Gasteiger charge is 2.26. The van der Waals surface area contributed by atoms with Crippen molar-refractivity contribution in [2.24, 2.45) is 5.92 Å². The van der Waals surface area contributed by atoms with Gasteiger partial charge in [0.1, 0.15) is 6.04 Å². The van der Waals surface area contributed by atoms with Crippen LogP contribution in [0.3, 0.4) is 0 Å². The molecule has 1 heterocycles. The molecule has 1 aliphatic rings. The van der Waals surface area contributed by atoms with Crippen molar-refractivity contribution in [3.63, 3.8) is 0 Å². The predicted octanol–water partition coefficient (Wildman–Crippen LogP) is 3.45. The van der Waals surface area contributed by atoms with E-state index in [1.54, 1.807) is 0 Å². The molecular weight excluding hydrogens is 326 g/mol. The van der Waals surface area contributed by atoms with Gasteiger partial charge in [0.05, 0.1) is 7.11 Å². The van der Waals surface area contributed by atoms with Gasteiger partial charge >= 0.3 is 5.97 Å². The van der Waals surface area contributed by atoms with Crippen molar-refractivity contribution in [2.75, 3.05) is 12.9 Å². The molecule has 0 aliphatic carbocycles. The summed E-state index contributed by atoms with van der Waals surface area (Å²) in [5.74, 6) is -0.256. The molecule has 1 rings (SSSR count). The highest BCUT2D eigenvalue weighted by molar-refractivity contribution is 8.13. The maximum atomic E-state index is 12.6. The summed E-state index contributed by atoms with van der Waals surface area (Å²) in [5.41, 5.74) is 0. The van der Waals surface area contributed by atoms with Crippen molar-refractivity contribution in [1.29, 1.82) is 0 Å². The lowest BCUT2D eigenvalue weighted by atomic mass is 9.98. The Morgan fingerprint density at radius 3 is 2.12 bits per heavy atom. The average Bonchev–Trinajstić information content (AvgIpc) is 2.56. The molecule has 2 unspecified atom stereocenters. The summed E-state index contributed by atoms with van der Waals surface area (Å²) in [6, 6.07) is -0.574. The molecule has 24 heavy (non-hydrogen) atoms. The first kappa shape index (κ1) is 21.0. The lowest BCUT2D eigenvalue weighted by Crippen LogP contribution is -2.44.